The van der Waals surface area contributed by atoms with E-state index in [0.717, 1.165) is 4.90 Å². The third-order valence-corrected chi connectivity index (χ3v) is 1.90. The summed E-state index contributed by atoms with van der Waals surface area (Å²) < 4.78 is 0. The topological polar surface area (TPSA) is 104 Å². The highest BCUT2D eigenvalue weighted by Crippen LogP contribution is 2.11. The average molecular weight is 181 g/mol. The summed E-state index contributed by atoms with van der Waals surface area (Å²) in [6, 6.07) is 0. The minimum Gasteiger partial charge on any atom is -0.394 e. The second kappa shape index (κ2) is 5.41. The van der Waals surface area contributed by atoms with E-state index in [-0.39, 0.29) is 0 Å². The quantitative estimate of drug-likeness (QED) is 0.278. The van der Waals surface area contributed by atoms with Crippen LogP contribution in [-0.4, -0.2) is 69.3 Å². The van der Waals surface area contributed by atoms with Crippen molar-refractivity contribution in [3.8, 4) is 0 Å². The maximum atomic E-state index is 8.83. The van der Waals surface area contributed by atoms with Crippen LogP contribution in [0.4, 0.5) is 0 Å². The number of aliphatic hydroxyl groups is 5. The van der Waals surface area contributed by atoms with Crippen LogP contribution in [0.3, 0.4) is 0 Å². The molecule has 0 aliphatic carbocycles. The Morgan fingerprint density at radius 2 is 1.08 bits per heavy atom. The summed E-state index contributed by atoms with van der Waals surface area (Å²) in [7, 11) is 0. The van der Waals surface area contributed by atoms with Crippen LogP contribution in [0.5, 0.6) is 0 Å². The first-order valence-electron chi connectivity index (χ1n) is 3.50. The minimum absolute atomic E-state index is 0.541. The summed E-state index contributed by atoms with van der Waals surface area (Å²) in [4.78, 5) is 0.965. The number of hydrogen-bond donors (Lipinski definition) is 5. The average Bonchev–Trinajstić information content (AvgIpc) is 2.14. The molecule has 0 aromatic heterocycles. The minimum atomic E-state index is -1.36. The van der Waals surface area contributed by atoms with E-state index in [2.05, 4.69) is 0 Å². The van der Waals surface area contributed by atoms with Gasteiger partial charge in [0.1, 0.15) is 0 Å². The maximum absolute atomic E-state index is 8.83. The van der Waals surface area contributed by atoms with Gasteiger partial charge in [-0.25, -0.2) is 4.90 Å². The van der Waals surface area contributed by atoms with E-state index >= 15 is 0 Å². The number of aliphatic hydroxyl groups excluding tert-OH is 5. The smallest absolute Gasteiger partial charge is 0.0981 e. The molecule has 0 fully saturated rings. The van der Waals surface area contributed by atoms with Gasteiger partial charge in [-0.1, -0.05) is 0 Å². The third kappa shape index (κ3) is 2.13. The molecule has 12 heavy (non-hydrogen) atoms. The van der Waals surface area contributed by atoms with E-state index in [1.165, 1.54) is 0 Å². The Kier molecular flexibility index (Phi) is 5.31. The van der Waals surface area contributed by atoms with Crippen molar-refractivity contribution in [3.63, 3.8) is 0 Å². The molecule has 0 rings (SSSR count). The van der Waals surface area contributed by atoms with E-state index in [9.17, 15) is 0 Å². The van der Waals surface area contributed by atoms with Gasteiger partial charge in [0, 0.05) is 0 Å². The molecule has 0 saturated carbocycles. The van der Waals surface area contributed by atoms with Gasteiger partial charge >= 0.3 is 0 Å². The molecular formula is C6H15NO5. The Labute approximate surface area is 70.3 Å². The van der Waals surface area contributed by atoms with Crippen molar-refractivity contribution in [2.45, 2.75) is 5.54 Å². The van der Waals surface area contributed by atoms with E-state index in [1.807, 2.05) is 0 Å². The fourth-order valence-electron chi connectivity index (χ4n) is 0.795. The lowest BCUT2D eigenvalue weighted by molar-refractivity contribution is -0.114. The Balaban J connectivity index is 4.42. The lowest BCUT2D eigenvalue weighted by atomic mass is 10.0. The first-order chi connectivity index (χ1) is 5.70. The van der Waals surface area contributed by atoms with Gasteiger partial charge in [-0.15, -0.1) is 0 Å². The lowest BCUT2D eigenvalue weighted by Crippen LogP contribution is -2.57. The fourth-order valence-corrected chi connectivity index (χ4v) is 0.795. The van der Waals surface area contributed by atoms with Crippen molar-refractivity contribution >= 4 is 0 Å². The Morgan fingerprint density at radius 1 is 0.750 bits per heavy atom. The summed E-state index contributed by atoms with van der Waals surface area (Å²) in [5, 5.41) is 43.9. The first kappa shape index (κ1) is 11.8. The van der Waals surface area contributed by atoms with Crippen molar-refractivity contribution in [1.29, 1.82) is 0 Å². The first-order valence-corrected chi connectivity index (χ1v) is 3.50. The highest BCUT2D eigenvalue weighted by atomic mass is 16.3. The molecule has 0 amide bonds. The molecule has 0 unspecified atom stereocenters. The monoisotopic (exact) mass is 181 g/mol. The van der Waals surface area contributed by atoms with Gasteiger partial charge in [0.25, 0.3) is 0 Å². The van der Waals surface area contributed by atoms with Gasteiger partial charge in [0.05, 0.1) is 38.8 Å². The van der Waals surface area contributed by atoms with E-state index in [1.54, 1.807) is 0 Å². The molecule has 0 aromatic carbocycles. The summed E-state index contributed by atoms with van der Waals surface area (Å²) in [5.41, 5.74) is -1.36. The predicted molar refractivity (Wildman–Crippen MR) is 40.0 cm³/mol. The van der Waals surface area contributed by atoms with Crippen LogP contribution in [0.2, 0.25) is 0 Å². The van der Waals surface area contributed by atoms with Crippen LogP contribution < -0.4 is 0 Å². The Hall–Kier alpha value is -0.240. The van der Waals surface area contributed by atoms with E-state index < -0.39 is 38.8 Å². The summed E-state index contributed by atoms with van der Waals surface area (Å²) in [6.45, 7) is -2.71. The standard InChI is InChI=1S/C6H15NO5/c8-1-6(2-9,3-10)7(4-11)5-12/h8-12H,1-5H2. The SMILES string of the molecule is OCN(CO)C(CO)(CO)CO. The zero-order chi connectivity index (χ0) is 9.61. The lowest BCUT2D eigenvalue weighted by Gasteiger charge is -2.37. The molecule has 0 aliphatic rings. The van der Waals surface area contributed by atoms with Gasteiger partial charge in [0.2, 0.25) is 0 Å². The van der Waals surface area contributed by atoms with Crippen molar-refractivity contribution in [1.82, 2.24) is 4.90 Å². The number of rotatable bonds is 6. The van der Waals surface area contributed by atoms with Gasteiger partial charge in [-0.3, -0.25) is 0 Å². The van der Waals surface area contributed by atoms with Crippen LogP contribution in [0, 0.1) is 0 Å². The van der Waals surface area contributed by atoms with Crippen LogP contribution in [-0.2, 0) is 0 Å². The molecule has 74 valence electrons. The zero-order valence-corrected chi connectivity index (χ0v) is 6.72. The third-order valence-electron chi connectivity index (χ3n) is 1.90. The molecule has 0 heterocycles. The second-order valence-corrected chi connectivity index (χ2v) is 2.52. The molecule has 0 aromatic rings. The maximum Gasteiger partial charge on any atom is 0.0981 e. The van der Waals surface area contributed by atoms with Gasteiger partial charge < -0.3 is 25.5 Å². The van der Waals surface area contributed by atoms with Crippen molar-refractivity contribution in [2.24, 2.45) is 0 Å². The summed E-state index contributed by atoms with van der Waals surface area (Å²) in [6.07, 6.45) is 0. The molecule has 5 N–H and O–H groups in total. The van der Waals surface area contributed by atoms with Gasteiger partial charge in [-0.2, -0.15) is 0 Å². The van der Waals surface area contributed by atoms with E-state index in [4.69, 9.17) is 25.5 Å². The highest BCUT2D eigenvalue weighted by molar-refractivity contribution is 4.86. The van der Waals surface area contributed by atoms with Crippen LogP contribution in [0.1, 0.15) is 0 Å². The van der Waals surface area contributed by atoms with Crippen molar-refractivity contribution in [3.05, 3.63) is 0 Å². The van der Waals surface area contributed by atoms with Crippen LogP contribution >= 0.6 is 0 Å². The largest absolute Gasteiger partial charge is 0.394 e. The van der Waals surface area contributed by atoms with Crippen LogP contribution in [0.25, 0.3) is 0 Å². The molecule has 0 bridgehead atoms. The number of nitrogens with zero attached hydrogens (tertiary/aromatic N) is 1. The summed E-state index contributed by atoms with van der Waals surface area (Å²) in [5.74, 6) is 0. The summed E-state index contributed by atoms with van der Waals surface area (Å²) >= 11 is 0. The molecule has 0 radical (unpaired) electrons. The molecule has 0 aliphatic heterocycles. The molecular weight excluding hydrogens is 166 g/mol. The van der Waals surface area contributed by atoms with Gasteiger partial charge in [0.15, 0.2) is 0 Å². The normalized spacial score (nSPS) is 12.5. The van der Waals surface area contributed by atoms with Crippen molar-refractivity contribution < 1.29 is 25.5 Å². The van der Waals surface area contributed by atoms with Gasteiger partial charge in [-0.05, 0) is 0 Å². The molecule has 6 nitrogen and oxygen atoms in total. The molecule has 0 atom stereocenters. The predicted octanol–water partition coefficient (Wildman–Crippen LogP) is -3.10. The highest BCUT2D eigenvalue weighted by Gasteiger charge is 2.34. The van der Waals surface area contributed by atoms with Crippen molar-refractivity contribution in [2.75, 3.05) is 33.3 Å². The second-order valence-electron chi connectivity index (χ2n) is 2.52. The fraction of sp³-hybridized carbons (Fsp3) is 1.00. The van der Waals surface area contributed by atoms with Crippen LogP contribution in [0.15, 0.2) is 0 Å². The molecule has 0 spiro atoms. The Bertz CT molecular complexity index is 104. The molecule has 0 saturated heterocycles. The van der Waals surface area contributed by atoms with E-state index in [0.29, 0.717) is 0 Å². The molecule has 6 heteroatoms. The zero-order valence-electron chi connectivity index (χ0n) is 6.72. The number of hydrogen-bond acceptors (Lipinski definition) is 6. The Morgan fingerprint density at radius 3 is 1.17 bits per heavy atom.